The van der Waals surface area contributed by atoms with Crippen molar-refractivity contribution in [2.45, 2.75) is 19.1 Å². The van der Waals surface area contributed by atoms with Crippen molar-refractivity contribution in [3.63, 3.8) is 0 Å². The van der Waals surface area contributed by atoms with Gasteiger partial charge in [-0.25, -0.2) is 4.39 Å². The number of alkyl halides is 3. The number of hydrogen-bond donors (Lipinski definition) is 1. The van der Waals surface area contributed by atoms with Gasteiger partial charge >= 0.3 is 6.18 Å². The normalized spacial score (nSPS) is 12.4. The lowest BCUT2D eigenvalue weighted by Crippen LogP contribution is -2.24. The molecule has 26 heavy (non-hydrogen) atoms. The van der Waals surface area contributed by atoms with Gasteiger partial charge in [0, 0.05) is 17.8 Å². The van der Waals surface area contributed by atoms with Gasteiger partial charge < -0.3 is 14.8 Å². The van der Waals surface area contributed by atoms with Crippen LogP contribution >= 0.6 is 0 Å². The molecule has 4 nitrogen and oxygen atoms in total. The first kappa shape index (κ1) is 19.6. The lowest BCUT2D eigenvalue weighted by atomic mass is 10.0. The molecule has 0 heterocycles. The Hall–Kier alpha value is -2.77. The van der Waals surface area contributed by atoms with Crippen LogP contribution < -0.4 is 14.8 Å². The fourth-order valence-electron chi connectivity index (χ4n) is 2.38. The Balaban J connectivity index is 2.39. The molecule has 1 atom stereocenters. The predicted molar refractivity (Wildman–Crippen MR) is 88.4 cm³/mol. The molecular weight excluding hydrogens is 354 g/mol. The van der Waals surface area contributed by atoms with Crippen LogP contribution in [-0.4, -0.2) is 26.2 Å². The van der Waals surface area contributed by atoms with Gasteiger partial charge in [0.05, 0.1) is 19.8 Å². The van der Waals surface area contributed by atoms with Crippen molar-refractivity contribution >= 4 is 11.5 Å². The number of nitrogens with one attached hydrogen (secondary N) is 1. The molecule has 0 aliphatic carbocycles. The molecule has 0 spiro atoms. The van der Waals surface area contributed by atoms with Crippen molar-refractivity contribution in [1.29, 1.82) is 0 Å². The van der Waals surface area contributed by atoms with Crippen LogP contribution in [0.2, 0.25) is 0 Å². The minimum Gasteiger partial charge on any atom is -0.497 e. The number of carbonyl (C=O) groups excluding carboxylic acids is 1. The molecule has 2 aromatic rings. The van der Waals surface area contributed by atoms with Crippen LogP contribution in [0.5, 0.6) is 11.5 Å². The van der Waals surface area contributed by atoms with Crippen LogP contribution in [0.3, 0.4) is 0 Å². The SMILES string of the molecule is COc1cc(OC)cc(C(C)Nc2cc(F)ccc2C(=O)C(F)(F)F)c1. The molecule has 8 heteroatoms. The van der Waals surface area contributed by atoms with Gasteiger partial charge in [-0.1, -0.05) is 0 Å². The summed E-state index contributed by atoms with van der Waals surface area (Å²) in [5, 5.41) is 2.75. The van der Waals surface area contributed by atoms with Crippen molar-refractivity contribution in [1.82, 2.24) is 0 Å². The number of benzene rings is 2. The largest absolute Gasteiger partial charge is 0.497 e. The van der Waals surface area contributed by atoms with Crippen LogP contribution in [-0.2, 0) is 0 Å². The number of ketones is 1. The summed E-state index contributed by atoms with van der Waals surface area (Å²) in [5.74, 6) is -1.84. The van der Waals surface area contributed by atoms with Gasteiger partial charge in [0.25, 0.3) is 5.78 Å². The molecule has 1 unspecified atom stereocenters. The Morgan fingerprint density at radius 3 is 2.12 bits per heavy atom. The van der Waals surface area contributed by atoms with E-state index in [-0.39, 0.29) is 5.69 Å². The number of rotatable bonds is 6. The van der Waals surface area contributed by atoms with Crippen LogP contribution in [0.25, 0.3) is 0 Å². The first-order valence-corrected chi connectivity index (χ1v) is 7.56. The van der Waals surface area contributed by atoms with Crippen molar-refractivity contribution in [2.24, 2.45) is 0 Å². The van der Waals surface area contributed by atoms with Crippen LogP contribution in [0.15, 0.2) is 36.4 Å². The summed E-state index contributed by atoms with van der Waals surface area (Å²) >= 11 is 0. The van der Waals surface area contributed by atoms with E-state index in [2.05, 4.69) is 5.32 Å². The summed E-state index contributed by atoms with van der Waals surface area (Å²) < 4.78 is 62.1. The summed E-state index contributed by atoms with van der Waals surface area (Å²) in [6, 6.07) is 6.87. The third-order valence-electron chi connectivity index (χ3n) is 3.73. The average Bonchev–Trinajstić information content (AvgIpc) is 2.60. The molecule has 0 radical (unpaired) electrons. The number of carbonyl (C=O) groups is 1. The Morgan fingerprint density at radius 1 is 1.04 bits per heavy atom. The summed E-state index contributed by atoms with van der Waals surface area (Å²) in [7, 11) is 2.92. The molecule has 2 aromatic carbocycles. The molecule has 0 aliphatic rings. The zero-order valence-corrected chi connectivity index (χ0v) is 14.3. The van der Waals surface area contributed by atoms with Gasteiger partial charge in [-0.15, -0.1) is 0 Å². The van der Waals surface area contributed by atoms with Gasteiger partial charge in [-0.05, 0) is 42.8 Å². The lowest BCUT2D eigenvalue weighted by molar-refractivity contribution is -0.0884. The first-order valence-electron chi connectivity index (χ1n) is 7.56. The zero-order valence-electron chi connectivity index (χ0n) is 14.3. The van der Waals surface area contributed by atoms with Crippen molar-refractivity contribution in [2.75, 3.05) is 19.5 Å². The highest BCUT2D eigenvalue weighted by molar-refractivity contribution is 6.04. The number of ether oxygens (including phenoxy) is 2. The standard InChI is InChI=1S/C18H17F4NO3/c1-10(11-6-13(25-2)9-14(7-11)26-3)23-16-8-12(19)4-5-15(16)17(24)18(20,21)22/h4-10,23H,1-3H3. The maximum absolute atomic E-state index is 13.5. The smallest absolute Gasteiger partial charge is 0.454 e. The third kappa shape index (κ3) is 4.44. The van der Waals surface area contributed by atoms with Crippen LogP contribution in [0, 0.1) is 5.82 Å². The lowest BCUT2D eigenvalue weighted by Gasteiger charge is -2.20. The van der Waals surface area contributed by atoms with E-state index in [9.17, 15) is 22.4 Å². The van der Waals surface area contributed by atoms with E-state index in [1.807, 2.05) is 0 Å². The predicted octanol–water partition coefficient (Wildman–Crippen LogP) is 4.76. The molecular formula is C18H17F4NO3. The molecule has 0 saturated carbocycles. The molecule has 2 rings (SSSR count). The maximum atomic E-state index is 13.5. The van der Waals surface area contributed by atoms with E-state index in [0.29, 0.717) is 17.1 Å². The number of anilines is 1. The molecule has 0 aromatic heterocycles. The Labute approximate surface area is 147 Å². The highest BCUT2D eigenvalue weighted by Crippen LogP contribution is 2.31. The van der Waals surface area contributed by atoms with Crippen molar-refractivity contribution in [3.8, 4) is 11.5 Å². The Bertz CT molecular complexity index is 783. The summed E-state index contributed by atoms with van der Waals surface area (Å²) in [5.41, 5.74) is -0.280. The second-order valence-electron chi connectivity index (χ2n) is 5.53. The van der Waals surface area contributed by atoms with Gasteiger partial charge in [-0.3, -0.25) is 4.79 Å². The van der Waals surface area contributed by atoms with Crippen molar-refractivity contribution in [3.05, 3.63) is 53.3 Å². The minimum atomic E-state index is -5.06. The van der Waals surface area contributed by atoms with E-state index in [1.54, 1.807) is 25.1 Å². The highest BCUT2D eigenvalue weighted by atomic mass is 19.4. The molecule has 0 fully saturated rings. The van der Waals surface area contributed by atoms with E-state index in [1.165, 1.54) is 14.2 Å². The van der Waals surface area contributed by atoms with E-state index >= 15 is 0 Å². The number of halogens is 4. The second-order valence-corrected chi connectivity index (χ2v) is 5.53. The quantitative estimate of drug-likeness (QED) is 0.587. The third-order valence-corrected chi connectivity index (χ3v) is 3.73. The molecule has 140 valence electrons. The molecule has 0 saturated heterocycles. The number of methoxy groups -OCH3 is 2. The van der Waals surface area contributed by atoms with E-state index < -0.39 is 29.4 Å². The number of Topliss-reactive ketones (excluding diaryl/α,β-unsaturated/α-hetero) is 1. The molecule has 1 N–H and O–H groups in total. The topological polar surface area (TPSA) is 47.6 Å². The van der Waals surface area contributed by atoms with Gasteiger partial charge in [-0.2, -0.15) is 13.2 Å². The monoisotopic (exact) mass is 371 g/mol. The van der Waals surface area contributed by atoms with Gasteiger partial charge in [0.1, 0.15) is 17.3 Å². The van der Waals surface area contributed by atoms with Gasteiger partial charge in [0.2, 0.25) is 0 Å². The summed E-state index contributed by atoms with van der Waals surface area (Å²) in [6.07, 6.45) is -5.06. The molecule has 0 aliphatic heterocycles. The highest BCUT2D eigenvalue weighted by Gasteiger charge is 2.40. The second kappa shape index (κ2) is 7.63. The van der Waals surface area contributed by atoms with Crippen molar-refractivity contribution < 1.29 is 31.8 Å². The van der Waals surface area contributed by atoms with E-state index in [4.69, 9.17) is 9.47 Å². The Morgan fingerprint density at radius 2 is 1.62 bits per heavy atom. The first-order chi connectivity index (χ1) is 12.2. The fourth-order valence-corrected chi connectivity index (χ4v) is 2.38. The van der Waals surface area contributed by atoms with E-state index in [0.717, 1.165) is 18.2 Å². The number of hydrogen-bond acceptors (Lipinski definition) is 4. The summed E-state index contributed by atoms with van der Waals surface area (Å²) in [6.45, 7) is 1.65. The maximum Gasteiger partial charge on any atom is 0.454 e. The molecule has 0 amide bonds. The zero-order chi connectivity index (χ0) is 19.5. The van der Waals surface area contributed by atoms with Gasteiger partial charge in [0.15, 0.2) is 0 Å². The average molecular weight is 371 g/mol. The Kier molecular flexibility index (Phi) is 5.74. The fraction of sp³-hybridized carbons (Fsp3) is 0.278. The van der Waals surface area contributed by atoms with Crippen LogP contribution in [0.1, 0.15) is 28.9 Å². The minimum absolute atomic E-state index is 0.249. The molecule has 0 bridgehead atoms. The summed E-state index contributed by atoms with van der Waals surface area (Å²) in [4.78, 5) is 11.6. The van der Waals surface area contributed by atoms with Crippen LogP contribution in [0.4, 0.5) is 23.2 Å².